The molecule has 0 aliphatic rings. The monoisotopic (exact) mass is 553 g/mol. The first kappa shape index (κ1) is 27.8. The topological polar surface area (TPSA) is 114 Å². The standard InChI is InChI=1S/C25H26Cl3N3O5/c1-25(2,3)20(32)13-36-21-11-18(30-31(21)19-10-5-4-8-15(19)26)24(35)29-17(12-22(33)34)14-7-6-9-16(27)23(14)28/h4-11,17,20,32H,12-13H2,1-3H3,(H,29,35)(H,33,34)/t17-,20+/m0/s1. The van der Waals surface area contributed by atoms with Gasteiger partial charge in [-0.3, -0.25) is 9.59 Å². The molecule has 3 N–H and O–H groups in total. The molecule has 1 heterocycles. The molecule has 0 radical (unpaired) electrons. The van der Waals surface area contributed by atoms with E-state index in [2.05, 4.69) is 10.4 Å². The number of carbonyl (C=O) groups is 2. The molecule has 0 aliphatic heterocycles. The van der Waals surface area contributed by atoms with Crippen LogP contribution in [0.1, 0.15) is 49.3 Å². The average Bonchev–Trinajstić information content (AvgIpc) is 3.22. The molecule has 0 saturated heterocycles. The van der Waals surface area contributed by atoms with Crippen molar-refractivity contribution in [2.75, 3.05) is 6.61 Å². The van der Waals surface area contributed by atoms with Gasteiger partial charge in [-0.15, -0.1) is 0 Å². The van der Waals surface area contributed by atoms with Gasteiger partial charge in [0.2, 0.25) is 5.88 Å². The van der Waals surface area contributed by atoms with Crippen molar-refractivity contribution in [1.29, 1.82) is 0 Å². The van der Waals surface area contributed by atoms with Crippen LogP contribution < -0.4 is 10.1 Å². The van der Waals surface area contributed by atoms with Crippen LogP contribution >= 0.6 is 34.8 Å². The van der Waals surface area contributed by atoms with Crippen LogP contribution in [0, 0.1) is 5.41 Å². The molecule has 8 nitrogen and oxygen atoms in total. The number of para-hydroxylation sites is 1. The number of halogens is 3. The lowest BCUT2D eigenvalue weighted by molar-refractivity contribution is -0.137. The summed E-state index contributed by atoms with van der Waals surface area (Å²) in [5, 5.41) is 27.6. The summed E-state index contributed by atoms with van der Waals surface area (Å²) in [6, 6.07) is 12.0. The van der Waals surface area contributed by atoms with Crippen LogP contribution in [0.5, 0.6) is 5.88 Å². The van der Waals surface area contributed by atoms with Crippen LogP contribution in [0.3, 0.4) is 0 Å². The van der Waals surface area contributed by atoms with Crippen molar-refractivity contribution < 1.29 is 24.5 Å². The van der Waals surface area contributed by atoms with Gasteiger partial charge in [0, 0.05) is 6.07 Å². The lowest BCUT2D eigenvalue weighted by Gasteiger charge is -2.25. The van der Waals surface area contributed by atoms with E-state index in [-0.39, 0.29) is 28.2 Å². The number of nitrogens with zero attached hydrogens (tertiary/aromatic N) is 2. The highest BCUT2D eigenvalue weighted by atomic mass is 35.5. The van der Waals surface area contributed by atoms with E-state index in [1.807, 2.05) is 20.8 Å². The molecular weight excluding hydrogens is 529 g/mol. The molecule has 0 bridgehead atoms. The second-order valence-corrected chi connectivity index (χ2v) is 10.4. The molecule has 0 unspecified atom stereocenters. The first-order valence-electron chi connectivity index (χ1n) is 11.0. The second-order valence-electron chi connectivity index (χ2n) is 9.19. The highest BCUT2D eigenvalue weighted by Gasteiger charge is 2.27. The predicted octanol–water partition coefficient (Wildman–Crippen LogP) is 5.56. The van der Waals surface area contributed by atoms with Crippen LogP contribution in [0.4, 0.5) is 0 Å². The van der Waals surface area contributed by atoms with E-state index in [0.717, 1.165) is 0 Å². The van der Waals surface area contributed by atoms with Gasteiger partial charge in [-0.05, 0) is 29.2 Å². The third-order valence-corrected chi connectivity index (χ3v) is 6.57. The third-order valence-electron chi connectivity index (χ3n) is 5.42. The molecule has 11 heteroatoms. The van der Waals surface area contributed by atoms with Gasteiger partial charge in [0.1, 0.15) is 6.61 Å². The maximum absolute atomic E-state index is 13.2. The number of carboxylic acid groups (broad SMARTS) is 1. The van der Waals surface area contributed by atoms with Crippen molar-refractivity contribution in [3.8, 4) is 11.6 Å². The number of aliphatic carboxylic acids is 1. The molecular formula is C25H26Cl3N3O5. The van der Waals surface area contributed by atoms with Gasteiger partial charge in [0.05, 0.1) is 39.3 Å². The minimum Gasteiger partial charge on any atom is -0.481 e. The van der Waals surface area contributed by atoms with Crippen LogP contribution in [-0.4, -0.2) is 44.6 Å². The van der Waals surface area contributed by atoms with Crippen molar-refractivity contribution in [3.05, 3.63) is 74.9 Å². The van der Waals surface area contributed by atoms with Crippen molar-refractivity contribution in [2.45, 2.75) is 39.3 Å². The van der Waals surface area contributed by atoms with Gasteiger partial charge in [-0.2, -0.15) is 9.78 Å². The molecule has 0 saturated carbocycles. The Bertz CT molecular complexity index is 1260. The van der Waals surface area contributed by atoms with E-state index in [1.165, 1.54) is 10.7 Å². The SMILES string of the molecule is CC(C)(C)[C@H](O)COc1cc(C(=O)N[C@@H](CC(=O)O)c2cccc(Cl)c2Cl)nn1-c1ccccc1Cl. The van der Waals surface area contributed by atoms with Crippen LogP contribution in [0.15, 0.2) is 48.5 Å². The Hall–Kier alpha value is -2.78. The number of benzene rings is 2. The quantitative estimate of drug-likeness (QED) is 0.319. The van der Waals surface area contributed by atoms with Crippen LogP contribution in [0.2, 0.25) is 15.1 Å². The first-order valence-corrected chi connectivity index (χ1v) is 12.1. The van der Waals surface area contributed by atoms with Gasteiger partial charge < -0.3 is 20.3 Å². The zero-order valence-electron chi connectivity index (χ0n) is 19.8. The molecule has 0 aliphatic carbocycles. The Morgan fingerprint density at radius 3 is 2.39 bits per heavy atom. The maximum Gasteiger partial charge on any atom is 0.305 e. The summed E-state index contributed by atoms with van der Waals surface area (Å²) in [6.07, 6.45) is -1.23. The zero-order chi connectivity index (χ0) is 26.6. The van der Waals surface area contributed by atoms with Crippen molar-refractivity contribution >= 4 is 46.7 Å². The molecule has 192 valence electrons. The van der Waals surface area contributed by atoms with E-state index in [0.29, 0.717) is 16.3 Å². The van der Waals surface area contributed by atoms with Crippen molar-refractivity contribution in [1.82, 2.24) is 15.1 Å². The highest BCUT2D eigenvalue weighted by Crippen LogP contribution is 2.32. The summed E-state index contributed by atoms with van der Waals surface area (Å²) in [5.41, 5.74) is 0.327. The van der Waals surface area contributed by atoms with Crippen LogP contribution in [-0.2, 0) is 4.79 Å². The minimum atomic E-state index is -1.14. The van der Waals surface area contributed by atoms with E-state index in [1.54, 1.807) is 42.5 Å². The molecule has 1 amide bonds. The summed E-state index contributed by atoms with van der Waals surface area (Å²) in [5.74, 6) is -1.63. The van der Waals surface area contributed by atoms with E-state index >= 15 is 0 Å². The lowest BCUT2D eigenvalue weighted by Crippen LogP contribution is -2.32. The summed E-state index contributed by atoms with van der Waals surface area (Å²) in [7, 11) is 0. The highest BCUT2D eigenvalue weighted by molar-refractivity contribution is 6.42. The molecule has 1 aromatic heterocycles. The molecule has 2 aromatic carbocycles. The summed E-state index contributed by atoms with van der Waals surface area (Å²) in [4.78, 5) is 24.7. The number of carbonyl (C=O) groups excluding carboxylic acids is 1. The van der Waals surface area contributed by atoms with E-state index < -0.39 is 35.9 Å². The van der Waals surface area contributed by atoms with Crippen molar-refractivity contribution in [2.24, 2.45) is 5.41 Å². The number of amides is 1. The maximum atomic E-state index is 13.2. The largest absolute Gasteiger partial charge is 0.481 e. The predicted molar refractivity (Wildman–Crippen MR) is 138 cm³/mol. The number of carboxylic acids is 1. The Morgan fingerprint density at radius 1 is 1.08 bits per heavy atom. The van der Waals surface area contributed by atoms with Crippen LogP contribution in [0.25, 0.3) is 5.69 Å². The number of rotatable bonds is 9. The Balaban J connectivity index is 1.96. The molecule has 36 heavy (non-hydrogen) atoms. The fraction of sp³-hybridized carbons (Fsp3) is 0.320. The van der Waals surface area contributed by atoms with Gasteiger partial charge in [-0.25, -0.2) is 0 Å². The Morgan fingerprint density at radius 2 is 1.75 bits per heavy atom. The van der Waals surface area contributed by atoms with Gasteiger partial charge in [0.15, 0.2) is 5.69 Å². The Kier molecular flexibility index (Phi) is 8.89. The summed E-state index contributed by atoms with van der Waals surface area (Å²) in [6.45, 7) is 5.55. The summed E-state index contributed by atoms with van der Waals surface area (Å²) >= 11 is 18.7. The number of aromatic nitrogens is 2. The number of hydrogen-bond donors (Lipinski definition) is 3. The normalized spacial score (nSPS) is 13.2. The smallest absolute Gasteiger partial charge is 0.305 e. The number of nitrogens with one attached hydrogen (secondary N) is 1. The van der Waals surface area contributed by atoms with E-state index in [4.69, 9.17) is 39.5 Å². The fourth-order valence-electron chi connectivity index (χ4n) is 3.22. The van der Waals surface area contributed by atoms with Gasteiger partial charge in [-0.1, -0.05) is 79.8 Å². The summed E-state index contributed by atoms with van der Waals surface area (Å²) < 4.78 is 7.19. The molecule has 3 aromatic rings. The van der Waals surface area contributed by atoms with Gasteiger partial charge in [0.25, 0.3) is 5.91 Å². The van der Waals surface area contributed by atoms with E-state index in [9.17, 15) is 19.8 Å². The minimum absolute atomic E-state index is 0.0521. The average molecular weight is 555 g/mol. The number of ether oxygens (including phenoxy) is 1. The second kappa shape index (κ2) is 11.5. The first-order chi connectivity index (χ1) is 16.9. The zero-order valence-corrected chi connectivity index (χ0v) is 22.1. The molecule has 0 spiro atoms. The Labute approximate surface area is 223 Å². The lowest BCUT2D eigenvalue weighted by atomic mass is 9.90. The number of aliphatic hydroxyl groups is 1. The third kappa shape index (κ3) is 6.70. The van der Waals surface area contributed by atoms with Gasteiger partial charge >= 0.3 is 5.97 Å². The molecule has 3 rings (SSSR count). The fourth-order valence-corrected chi connectivity index (χ4v) is 3.88. The molecule has 0 fully saturated rings. The number of aliphatic hydroxyl groups excluding tert-OH is 1. The number of hydrogen-bond acceptors (Lipinski definition) is 5. The van der Waals surface area contributed by atoms with Crippen molar-refractivity contribution in [3.63, 3.8) is 0 Å². The molecule has 2 atom stereocenters.